The highest BCUT2D eigenvalue weighted by Gasteiger charge is 2.20. The summed E-state index contributed by atoms with van der Waals surface area (Å²) in [5.41, 5.74) is 8.27. The van der Waals surface area contributed by atoms with E-state index in [0.717, 1.165) is 11.1 Å². The van der Waals surface area contributed by atoms with E-state index < -0.39 is 0 Å². The van der Waals surface area contributed by atoms with Gasteiger partial charge >= 0.3 is 0 Å². The molecule has 0 spiro atoms. The van der Waals surface area contributed by atoms with Gasteiger partial charge in [0.2, 0.25) is 0 Å². The van der Waals surface area contributed by atoms with E-state index in [0.29, 0.717) is 0 Å². The maximum absolute atomic E-state index is 4.71. The Kier molecular flexibility index (Phi) is 7.53. The molecule has 2 heteroatoms. The lowest BCUT2D eigenvalue weighted by molar-refractivity contribution is 1.62. The number of allylic oxidation sites excluding steroid dienone is 2. The van der Waals surface area contributed by atoms with Gasteiger partial charge in [-0.05, 0) is 106 Å². The van der Waals surface area contributed by atoms with Crippen molar-refractivity contribution in [1.82, 2.24) is 0 Å². The summed E-state index contributed by atoms with van der Waals surface area (Å²) in [7, 11) is 0. The maximum atomic E-state index is 4.71. The smallest absolute Gasteiger partial charge is 0.0540 e. The molecule has 58 heavy (non-hydrogen) atoms. The van der Waals surface area contributed by atoms with Crippen molar-refractivity contribution < 1.29 is 0 Å². The molecular weight excluding hydrogens is 737 g/mol. The average molecular weight is 771 g/mol. The molecule has 0 fully saturated rings. The van der Waals surface area contributed by atoms with E-state index in [2.05, 4.69) is 194 Å². The van der Waals surface area contributed by atoms with Crippen molar-refractivity contribution in [2.45, 2.75) is 0 Å². The third kappa shape index (κ3) is 5.06. The van der Waals surface area contributed by atoms with Gasteiger partial charge in [0.25, 0.3) is 0 Å². The summed E-state index contributed by atoms with van der Waals surface area (Å²) in [6.07, 6.45) is 4.42. The van der Waals surface area contributed by atoms with Crippen LogP contribution in [-0.2, 0) is 0 Å². The number of thiophene rings is 2. The molecular formula is C56H34S2. The standard InChI is InChI=1S/C56H34S2/c1-34(51-41-19-4-6-21-43(41)52(44-22-7-5-20-42(44)51)40-26-13-16-36-15-2-3-18-39(36)40)28-29-35-14-12-17-37(32-35)38-30-31-50-48(33-38)54-46-24-9-8-23-45(46)53-47-25-10-11-27-49(47)57-55(53)56(54)58-50/h2-33H,1H2/b29-28-. The van der Waals surface area contributed by atoms with E-state index in [1.807, 2.05) is 22.7 Å². The largest absolute Gasteiger partial charge is 0.134 e. The molecule has 0 nitrogen and oxygen atoms in total. The minimum Gasteiger partial charge on any atom is -0.134 e. The Morgan fingerprint density at radius 1 is 0.414 bits per heavy atom. The highest BCUT2D eigenvalue weighted by molar-refractivity contribution is 7.33. The first-order chi connectivity index (χ1) is 28.7. The summed E-state index contributed by atoms with van der Waals surface area (Å²) in [5, 5.41) is 15.5. The van der Waals surface area contributed by atoms with Gasteiger partial charge in [-0.15, -0.1) is 22.7 Å². The second-order valence-corrected chi connectivity index (χ2v) is 17.3. The van der Waals surface area contributed by atoms with Gasteiger partial charge in [0.15, 0.2) is 0 Å². The van der Waals surface area contributed by atoms with Crippen LogP contribution in [0.5, 0.6) is 0 Å². The van der Waals surface area contributed by atoms with Crippen LogP contribution in [0.4, 0.5) is 0 Å². The van der Waals surface area contributed by atoms with E-state index in [1.54, 1.807) is 0 Å². The van der Waals surface area contributed by atoms with Crippen LogP contribution in [0.1, 0.15) is 11.1 Å². The molecule has 0 aliphatic heterocycles. The topological polar surface area (TPSA) is 0 Å². The second-order valence-electron chi connectivity index (χ2n) is 15.2. The van der Waals surface area contributed by atoms with Gasteiger partial charge in [0.05, 0.1) is 9.40 Å². The Labute approximate surface area is 343 Å². The normalized spacial score (nSPS) is 12.1. The van der Waals surface area contributed by atoms with Crippen molar-refractivity contribution in [2.75, 3.05) is 0 Å². The average Bonchev–Trinajstić information content (AvgIpc) is 3.87. The molecule has 10 aromatic carbocycles. The van der Waals surface area contributed by atoms with Gasteiger partial charge in [-0.25, -0.2) is 0 Å². The fourth-order valence-corrected chi connectivity index (χ4v) is 12.0. The van der Waals surface area contributed by atoms with Crippen LogP contribution in [0.3, 0.4) is 0 Å². The minimum absolute atomic E-state index is 0.993. The Balaban J connectivity index is 0.961. The second kappa shape index (κ2) is 13.1. The maximum Gasteiger partial charge on any atom is 0.0540 e. The SMILES string of the molecule is C=C(/C=C\c1cccc(-c2ccc3sc4c5sc6ccccc6c5c5ccccc5c4c3c2)c1)c1c2ccccc2c(-c2cccc3ccccc23)c2ccccc12. The number of benzene rings is 10. The minimum atomic E-state index is 0.993. The van der Waals surface area contributed by atoms with Crippen molar-refractivity contribution >= 4 is 118 Å². The van der Waals surface area contributed by atoms with E-state index in [4.69, 9.17) is 6.58 Å². The van der Waals surface area contributed by atoms with Crippen LogP contribution < -0.4 is 0 Å². The van der Waals surface area contributed by atoms with Crippen molar-refractivity contribution in [3.05, 3.63) is 206 Å². The predicted octanol–water partition coefficient (Wildman–Crippen LogP) is 17.1. The Hall–Kier alpha value is -6.84. The first-order valence-corrected chi connectivity index (χ1v) is 21.4. The molecule has 0 unspecified atom stereocenters. The summed E-state index contributed by atoms with van der Waals surface area (Å²) >= 11 is 3.85. The zero-order valence-electron chi connectivity index (χ0n) is 31.5. The third-order valence-electron chi connectivity index (χ3n) is 12.0. The fourth-order valence-electron chi connectivity index (χ4n) is 9.41. The van der Waals surface area contributed by atoms with Crippen LogP contribution in [-0.4, -0.2) is 0 Å². The Morgan fingerprint density at radius 3 is 1.67 bits per heavy atom. The number of hydrogen-bond donors (Lipinski definition) is 0. The quantitative estimate of drug-likeness (QED) is 0.121. The summed E-state index contributed by atoms with van der Waals surface area (Å²) in [4.78, 5) is 0. The Bertz CT molecular complexity index is 3640. The van der Waals surface area contributed by atoms with E-state index >= 15 is 0 Å². The van der Waals surface area contributed by atoms with E-state index in [9.17, 15) is 0 Å². The van der Waals surface area contributed by atoms with Gasteiger partial charge in [-0.2, -0.15) is 0 Å². The summed E-state index contributed by atoms with van der Waals surface area (Å²) in [6, 6.07) is 66.8. The molecule has 0 saturated heterocycles. The predicted molar refractivity (Wildman–Crippen MR) is 258 cm³/mol. The summed E-state index contributed by atoms with van der Waals surface area (Å²) in [5.74, 6) is 0. The van der Waals surface area contributed by atoms with E-state index in [1.165, 1.54) is 111 Å². The first-order valence-electron chi connectivity index (χ1n) is 19.8. The van der Waals surface area contributed by atoms with Gasteiger partial charge < -0.3 is 0 Å². The lowest BCUT2D eigenvalue weighted by atomic mass is 9.85. The van der Waals surface area contributed by atoms with E-state index in [-0.39, 0.29) is 0 Å². The first kappa shape index (κ1) is 33.3. The molecule has 0 radical (unpaired) electrons. The molecule has 0 bridgehead atoms. The summed E-state index contributed by atoms with van der Waals surface area (Å²) < 4.78 is 5.46. The molecule has 2 aromatic heterocycles. The van der Waals surface area contributed by atoms with Crippen molar-refractivity contribution in [1.29, 1.82) is 0 Å². The van der Waals surface area contributed by atoms with Crippen LogP contribution in [0.15, 0.2) is 195 Å². The van der Waals surface area contributed by atoms with Gasteiger partial charge in [0, 0.05) is 30.9 Å². The molecule has 0 aliphatic carbocycles. The molecule has 12 rings (SSSR count). The van der Waals surface area contributed by atoms with Crippen LogP contribution in [0.25, 0.3) is 117 Å². The Morgan fingerprint density at radius 2 is 0.948 bits per heavy atom. The molecule has 2 heterocycles. The van der Waals surface area contributed by atoms with Gasteiger partial charge in [-0.3, -0.25) is 0 Å². The molecule has 0 amide bonds. The molecule has 0 atom stereocenters. The van der Waals surface area contributed by atoms with Crippen LogP contribution in [0.2, 0.25) is 0 Å². The molecule has 0 aliphatic rings. The number of rotatable bonds is 5. The van der Waals surface area contributed by atoms with Crippen molar-refractivity contribution in [3.63, 3.8) is 0 Å². The van der Waals surface area contributed by atoms with Gasteiger partial charge in [-0.1, -0.05) is 176 Å². The van der Waals surface area contributed by atoms with Crippen LogP contribution in [0, 0.1) is 0 Å². The molecule has 12 aromatic rings. The number of hydrogen-bond acceptors (Lipinski definition) is 2. The van der Waals surface area contributed by atoms with Gasteiger partial charge in [0.1, 0.15) is 0 Å². The lowest BCUT2D eigenvalue weighted by Gasteiger charge is -2.18. The summed E-state index contributed by atoms with van der Waals surface area (Å²) in [6.45, 7) is 4.71. The third-order valence-corrected chi connectivity index (χ3v) is 14.5. The van der Waals surface area contributed by atoms with Crippen molar-refractivity contribution in [2.24, 2.45) is 0 Å². The molecule has 270 valence electrons. The molecule has 0 N–H and O–H groups in total. The highest BCUT2D eigenvalue weighted by atomic mass is 32.1. The monoisotopic (exact) mass is 770 g/mol. The number of fused-ring (bicyclic) bond motifs is 13. The fraction of sp³-hybridized carbons (Fsp3) is 0. The molecule has 0 saturated carbocycles. The zero-order valence-corrected chi connectivity index (χ0v) is 33.1. The lowest BCUT2D eigenvalue weighted by Crippen LogP contribution is -1.93. The van der Waals surface area contributed by atoms with Crippen molar-refractivity contribution in [3.8, 4) is 22.3 Å². The van der Waals surface area contributed by atoms with Crippen LogP contribution >= 0.6 is 22.7 Å². The zero-order chi connectivity index (χ0) is 38.3. The highest BCUT2D eigenvalue weighted by Crippen LogP contribution is 2.50.